The fourth-order valence-electron chi connectivity index (χ4n) is 3.58. The van der Waals surface area contributed by atoms with Crippen LogP contribution in [0.2, 0.25) is 0 Å². The van der Waals surface area contributed by atoms with E-state index in [0.717, 1.165) is 54.7 Å². The molecule has 30 heavy (non-hydrogen) atoms. The van der Waals surface area contributed by atoms with E-state index in [9.17, 15) is 9.18 Å². The molecule has 1 aliphatic rings. The van der Waals surface area contributed by atoms with Crippen molar-refractivity contribution in [3.63, 3.8) is 0 Å². The van der Waals surface area contributed by atoms with E-state index >= 15 is 0 Å². The first kappa shape index (κ1) is 20.3. The van der Waals surface area contributed by atoms with Gasteiger partial charge in [-0.05, 0) is 24.3 Å². The van der Waals surface area contributed by atoms with Crippen molar-refractivity contribution in [2.75, 3.05) is 38.2 Å². The van der Waals surface area contributed by atoms with Gasteiger partial charge in [-0.2, -0.15) is 0 Å². The zero-order valence-corrected chi connectivity index (χ0v) is 17.5. The molecule has 1 aliphatic heterocycles. The van der Waals surface area contributed by atoms with Crippen molar-refractivity contribution < 1.29 is 13.9 Å². The molecule has 0 radical (unpaired) electrons. The van der Waals surface area contributed by atoms with Crippen molar-refractivity contribution in [2.24, 2.45) is 5.73 Å². The van der Waals surface area contributed by atoms with Crippen LogP contribution >= 0.6 is 11.3 Å². The predicted molar refractivity (Wildman–Crippen MR) is 117 cm³/mol. The van der Waals surface area contributed by atoms with Crippen LogP contribution in [0.15, 0.2) is 47.8 Å². The number of benzene rings is 2. The summed E-state index contributed by atoms with van der Waals surface area (Å²) < 4.78 is 18.8. The minimum absolute atomic E-state index is 0.294. The Hall–Kier alpha value is -2.97. The number of aromatic nitrogens is 1. The largest absolute Gasteiger partial charge is 0.494 e. The fourth-order valence-corrected chi connectivity index (χ4v) is 4.39. The summed E-state index contributed by atoms with van der Waals surface area (Å²) in [5, 5.41) is 3.00. The second-order valence-electron chi connectivity index (χ2n) is 7.16. The number of hydrogen-bond donors (Lipinski definition) is 1. The van der Waals surface area contributed by atoms with Gasteiger partial charge in [0.2, 0.25) is 5.91 Å². The molecule has 3 aromatic rings. The highest BCUT2D eigenvalue weighted by Gasteiger charge is 2.21. The molecule has 1 fully saturated rings. The number of ether oxygens (including phenoxy) is 1. The van der Waals surface area contributed by atoms with Crippen LogP contribution in [-0.4, -0.2) is 49.1 Å². The molecule has 4 rings (SSSR count). The molecule has 8 heteroatoms. The molecule has 1 amide bonds. The van der Waals surface area contributed by atoms with Crippen LogP contribution in [0.4, 0.5) is 10.1 Å². The molecule has 6 nitrogen and oxygen atoms in total. The van der Waals surface area contributed by atoms with Crippen LogP contribution in [-0.2, 0) is 6.54 Å². The third-order valence-electron chi connectivity index (χ3n) is 5.21. The van der Waals surface area contributed by atoms with Crippen LogP contribution in [0.5, 0.6) is 5.75 Å². The Bertz CT molecular complexity index is 1030. The highest BCUT2D eigenvalue weighted by atomic mass is 32.1. The summed E-state index contributed by atoms with van der Waals surface area (Å²) in [6, 6.07) is 11.9. The van der Waals surface area contributed by atoms with Crippen molar-refractivity contribution in [3.05, 3.63) is 64.9 Å². The highest BCUT2D eigenvalue weighted by molar-refractivity contribution is 7.13. The second-order valence-corrected chi connectivity index (χ2v) is 8.02. The first-order chi connectivity index (χ1) is 14.5. The van der Waals surface area contributed by atoms with Gasteiger partial charge in [0.15, 0.2) is 0 Å². The maximum absolute atomic E-state index is 13.5. The van der Waals surface area contributed by atoms with Crippen molar-refractivity contribution in [3.8, 4) is 16.3 Å². The Morgan fingerprint density at radius 1 is 1.17 bits per heavy atom. The normalized spacial score (nSPS) is 14.7. The van der Waals surface area contributed by atoms with E-state index in [-0.39, 0.29) is 5.82 Å². The molecule has 1 aromatic heterocycles. The van der Waals surface area contributed by atoms with Crippen LogP contribution in [0.1, 0.15) is 16.1 Å². The number of primary amides is 1. The van der Waals surface area contributed by atoms with Crippen molar-refractivity contribution in [2.45, 2.75) is 6.54 Å². The van der Waals surface area contributed by atoms with E-state index in [4.69, 9.17) is 15.5 Å². The molecule has 2 heterocycles. The summed E-state index contributed by atoms with van der Waals surface area (Å²) in [6.45, 7) is 4.24. The van der Waals surface area contributed by atoms with Gasteiger partial charge in [-0.15, -0.1) is 11.3 Å². The number of thiazole rings is 1. The third-order valence-corrected chi connectivity index (χ3v) is 6.15. The fraction of sp³-hybridized carbons (Fsp3) is 0.273. The number of rotatable bonds is 6. The van der Waals surface area contributed by atoms with Crippen LogP contribution < -0.4 is 15.4 Å². The van der Waals surface area contributed by atoms with Gasteiger partial charge < -0.3 is 15.4 Å². The number of nitrogens with two attached hydrogens (primary N) is 1. The average Bonchev–Trinajstić information content (AvgIpc) is 3.23. The highest BCUT2D eigenvalue weighted by Crippen LogP contribution is 2.30. The minimum Gasteiger partial charge on any atom is -0.494 e. The Balaban J connectivity index is 1.36. The topological polar surface area (TPSA) is 71.7 Å². The smallest absolute Gasteiger partial charge is 0.248 e. The first-order valence-electron chi connectivity index (χ1n) is 9.69. The quantitative estimate of drug-likeness (QED) is 0.654. The minimum atomic E-state index is -0.432. The SMILES string of the molecule is COc1cc(F)ccc1N1CCN(Cc2csc(-c3ccc(C(N)=O)cc3)n2)CC1. The lowest BCUT2D eigenvalue weighted by Crippen LogP contribution is -2.46. The Kier molecular flexibility index (Phi) is 5.96. The molecule has 2 aromatic carbocycles. The molecule has 1 saturated heterocycles. The molecule has 0 saturated carbocycles. The number of carbonyl (C=O) groups excluding carboxylic acids is 1. The monoisotopic (exact) mass is 426 g/mol. The number of amides is 1. The Morgan fingerprint density at radius 3 is 2.57 bits per heavy atom. The van der Waals surface area contributed by atoms with Gasteiger partial charge in [0.05, 0.1) is 18.5 Å². The number of methoxy groups -OCH3 is 1. The van der Waals surface area contributed by atoms with Crippen molar-refractivity contribution in [1.82, 2.24) is 9.88 Å². The molecule has 0 bridgehead atoms. The molecule has 0 unspecified atom stereocenters. The van der Waals surface area contributed by atoms with E-state index in [2.05, 4.69) is 15.2 Å². The van der Waals surface area contributed by atoms with Crippen LogP contribution in [0.3, 0.4) is 0 Å². The molecular weight excluding hydrogens is 403 g/mol. The third kappa shape index (κ3) is 4.44. The number of hydrogen-bond acceptors (Lipinski definition) is 6. The van der Waals surface area contributed by atoms with E-state index in [1.165, 1.54) is 12.1 Å². The number of nitrogens with zero attached hydrogens (tertiary/aromatic N) is 3. The first-order valence-corrected chi connectivity index (χ1v) is 10.6. The van der Waals surface area contributed by atoms with Gasteiger partial charge >= 0.3 is 0 Å². The zero-order chi connectivity index (χ0) is 21.1. The van der Waals surface area contributed by atoms with Crippen molar-refractivity contribution >= 4 is 22.9 Å². The molecule has 0 aliphatic carbocycles. The lowest BCUT2D eigenvalue weighted by Gasteiger charge is -2.36. The summed E-state index contributed by atoms with van der Waals surface area (Å²) in [5.41, 5.74) is 8.72. The van der Waals surface area contributed by atoms with Crippen LogP contribution in [0, 0.1) is 5.82 Å². The molecule has 0 atom stereocenters. The van der Waals surface area contributed by atoms with E-state index in [1.54, 1.807) is 36.6 Å². The summed E-state index contributed by atoms with van der Waals surface area (Å²) >= 11 is 1.59. The lowest BCUT2D eigenvalue weighted by molar-refractivity contribution is 0.100. The maximum atomic E-state index is 13.5. The molecule has 0 spiro atoms. The van der Waals surface area contributed by atoms with Crippen molar-refractivity contribution in [1.29, 1.82) is 0 Å². The van der Waals surface area contributed by atoms with Crippen LogP contribution in [0.25, 0.3) is 10.6 Å². The van der Waals surface area contributed by atoms with E-state index < -0.39 is 5.91 Å². The van der Waals surface area contributed by atoms with Gasteiger partial charge in [-0.1, -0.05) is 12.1 Å². The number of halogens is 1. The zero-order valence-electron chi connectivity index (χ0n) is 16.7. The van der Waals surface area contributed by atoms with Gasteiger partial charge in [0.1, 0.15) is 16.6 Å². The molecule has 2 N–H and O–H groups in total. The van der Waals surface area contributed by atoms with Gasteiger partial charge in [-0.3, -0.25) is 9.69 Å². The maximum Gasteiger partial charge on any atom is 0.248 e. The number of anilines is 1. The van der Waals surface area contributed by atoms with Gasteiger partial charge in [0.25, 0.3) is 0 Å². The Labute approximate surface area is 178 Å². The number of carbonyl (C=O) groups is 1. The standard InChI is InChI=1S/C22H23FN4O2S/c1-29-20-12-17(23)6-7-19(20)27-10-8-26(9-11-27)13-18-14-30-22(25-18)16-4-2-15(3-5-16)21(24)28/h2-7,12,14H,8-11,13H2,1H3,(H2,24,28). The summed E-state index contributed by atoms with van der Waals surface area (Å²) in [5.74, 6) is -0.161. The van der Waals surface area contributed by atoms with Gasteiger partial charge in [-0.25, -0.2) is 9.37 Å². The van der Waals surface area contributed by atoms with E-state index in [0.29, 0.717) is 11.3 Å². The second kappa shape index (κ2) is 8.81. The molecule has 156 valence electrons. The summed E-state index contributed by atoms with van der Waals surface area (Å²) in [6.07, 6.45) is 0. The van der Waals surface area contributed by atoms with Gasteiger partial charge in [0, 0.05) is 55.3 Å². The lowest BCUT2D eigenvalue weighted by atomic mass is 10.1. The number of piperazine rings is 1. The predicted octanol–water partition coefficient (Wildman–Crippen LogP) is 3.38. The average molecular weight is 427 g/mol. The summed E-state index contributed by atoms with van der Waals surface area (Å²) in [7, 11) is 1.57. The summed E-state index contributed by atoms with van der Waals surface area (Å²) in [4.78, 5) is 20.6. The van der Waals surface area contributed by atoms with E-state index in [1.807, 2.05) is 12.1 Å². The molecular formula is C22H23FN4O2S. The Morgan fingerprint density at radius 2 is 1.90 bits per heavy atom.